The first-order chi connectivity index (χ1) is 10.0. The maximum atomic E-state index is 11.4. The van der Waals surface area contributed by atoms with Gasteiger partial charge in [-0.25, -0.2) is 8.42 Å². The molecule has 21 heavy (non-hydrogen) atoms. The molecule has 0 atom stereocenters. The van der Waals surface area contributed by atoms with Crippen molar-refractivity contribution in [3.05, 3.63) is 12.4 Å². The lowest BCUT2D eigenvalue weighted by Gasteiger charge is -2.23. The van der Waals surface area contributed by atoms with E-state index in [0.29, 0.717) is 24.3 Å². The van der Waals surface area contributed by atoms with Gasteiger partial charge >= 0.3 is 0 Å². The van der Waals surface area contributed by atoms with Crippen molar-refractivity contribution in [1.29, 1.82) is 0 Å². The van der Waals surface area contributed by atoms with Crippen molar-refractivity contribution < 1.29 is 8.42 Å². The Morgan fingerprint density at radius 2 is 2.00 bits per heavy atom. The third-order valence-electron chi connectivity index (χ3n) is 4.10. The molecule has 0 bridgehead atoms. The first-order valence-corrected chi connectivity index (χ1v) is 9.56. The number of rotatable bonds is 7. The van der Waals surface area contributed by atoms with Crippen molar-refractivity contribution in [2.75, 3.05) is 36.5 Å². The van der Waals surface area contributed by atoms with Gasteiger partial charge in [0.15, 0.2) is 0 Å². The largest absolute Gasteiger partial charge is 0.380 e. The molecule has 6 nitrogen and oxygen atoms in total. The van der Waals surface area contributed by atoms with Gasteiger partial charge in [0.25, 0.3) is 0 Å². The van der Waals surface area contributed by atoms with E-state index in [4.69, 9.17) is 0 Å². The number of likely N-dealkylation sites (N-methyl/N-ethyl adjacent to an activating group) is 1. The van der Waals surface area contributed by atoms with Gasteiger partial charge in [0.2, 0.25) is 0 Å². The van der Waals surface area contributed by atoms with Gasteiger partial charge in [-0.15, -0.1) is 0 Å². The molecule has 0 saturated carbocycles. The van der Waals surface area contributed by atoms with Gasteiger partial charge in [0.05, 0.1) is 29.9 Å². The summed E-state index contributed by atoms with van der Waals surface area (Å²) in [7, 11) is -2.79. The van der Waals surface area contributed by atoms with Crippen LogP contribution in [0.25, 0.3) is 0 Å². The summed E-state index contributed by atoms with van der Waals surface area (Å²) in [6.07, 6.45) is 5.21. The average molecular weight is 314 g/mol. The smallest absolute Gasteiger partial charge is 0.150 e. The molecule has 0 spiro atoms. The van der Waals surface area contributed by atoms with Crippen molar-refractivity contribution in [3.8, 4) is 0 Å². The highest BCUT2D eigenvalue weighted by Crippen LogP contribution is 2.17. The number of sulfone groups is 1. The lowest BCUT2D eigenvalue weighted by molar-refractivity contribution is 0.285. The molecule has 7 heteroatoms. The predicted molar refractivity (Wildman–Crippen MR) is 85.3 cm³/mol. The van der Waals surface area contributed by atoms with Gasteiger partial charge in [-0.3, -0.25) is 4.68 Å². The SMILES string of the molecule is CCN(CC)CCn1cc(NC2CCS(=O)(=O)CC2)cn1. The van der Waals surface area contributed by atoms with Crippen LogP contribution in [0.1, 0.15) is 26.7 Å². The number of aromatic nitrogens is 2. The molecule has 1 N–H and O–H groups in total. The number of hydrogen-bond donors (Lipinski definition) is 1. The zero-order chi connectivity index (χ0) is 15.3. The van der Waals surface area contributed by atoms with Crippen LogP contribution in [0, 0.1) is 0 Å². The van der Waals surface area contributed by atoms with E-state index in [-0.39, 0.29) is 6.04 Å². The van der Waals surface area contributed by atoms with E-state index >= 15 is 0 Å². The Balaban J connectivity index is 1.80. The summed E-state index contributed by atoms with van der Waals surface area (Å²) in [5.74, 6) is 0.585. The number of nitrogens with one attached hydrogen (secondary N) is 1. The highest BCUT2D eigenvalue weighted by atomic mass is 32.2. The molecule has 2 heterocycles. The predicted octanol–water partition coefficient (Wildman–Crippen LogP) is 1.21. The van der Waals surface area contributed by atoms with E-state index in [1.54, 1.807) is 0 Å². The molecular formula is C14H26N4O2S. The molecule has 0 amide bonds. The Bertz CT molecular complexity index is 523. The molecule has 1 aromatic heterocycles. The van der Waals surface area contributed by atoms with Crippen LogP contribution in [0.3, 0.4) is 0 Å². The molecule has 0 aliphatic carbocycles. The normalized spacial score (nSPS) is 19.0. The Morgan fingerprint density at radius 1 is 1.33 bits per heavy atom. The number of anilines is 1. The zero-order valence-electron chi connectivity index (χ0n) is 13.0. The van der Waals surface area contributed by atoms with Crippen molar-refractivity contribution >= 4 is 15.5 Å². The van der Waals surface area contributed by atoms with Crippen LogP contribution in [0.5, 0.6) is 0 Å². The van der Waals surface area contributed by atoms with Crippen LogP contribution in [0.15, 0.2) is 12.4 Å². The van der Waals surface area contributed by atoms with Crippen LogP contribution < -0.4 is 5.32 Å². The van der Waals surface area contributed by atoms with E-state index in [0.717, 1.165) is 31.9 Å². The van der Waals surface area contributed by atoms with Crippen LogP contribution in [0.4, 0.5) is 5.69 Å². The minimum absolute atomic E-state index is 0.244. The molecule has 1 aromatic rings. The lowest BCUT2D eigenvalue weighted by atomic mass is 10.1. The summed E-state index contributed by atoms with van der Waals surface area (Å²) < 4.78 is 24.8. The molecule has 1 aliphatic rings. The van der Waals surface area contributed by atoms with Gasteiger partial charge in [-0.05, 0) is 25.9 Å². The lowest BCUT2D eigenvalue weighted by Crippen LogP contribution is -2.32. The summed E-state index contributed by atoms with van der Waals surface area (Å²) in [4.78, 5) is 2.36. The Hall–Kier alpha value is -1.08. The first-order valence-electron chi connectivity index (χ1n) is 7.74. The molecule has 120 valence electrons. The molecule has 1 fully saturated rings. The van der Waals surface area contributed by atoms with Crippen molar-refractivity contribution in [3.63, 3.8) is 0 Å². The van der Waals surface area contributed by atoms with E-state index in [9.17, 15) is 8.42 Å². The second-order valence-electron chi connectivity index (χ2n) is 5.59. The van der Waals surface area contributed by atoms with Crippen LogP contribution in [-0.2, 0) is 16.4 Å². The van der Waals surface area contributed by atoms with E-state index in [1.165, 1.54) is 0 Å². The highest BCUT2D eigenvalue weighted by molar-refractivity contribution is 7.91. The maximum Gasteiger partial charge on any atom is 0.150 e. The van der Waals surface area contributed by atoms with E-state index in [1.807, 2.05) is 17.1 Å². The van der Waals surface area contributed by atoms with Gasteiger partial charge < -0.3 is 10.2 Å². The van der Waals surface area contributed by atoms with Crippen LogP contribution >= 0.6 is 0 Å². The quantitative estimate of drug-likeness (QED) is 0.819. The molecule has 1 aliphatic heterocycles. The average Bonchev–Trinajstić information content (AvgIpc) is 2.90. The second kappa shape index (κ2) is 7.26. The zero-order valence-corrected chi connectivity index (χ0v) is 13.8. The van der Waals surface area contributed by atoms with Crippen LogP contribution in [-0.4, -0.2) is 60.3 Å². The van der Waals surface area contributed by atoms with Gasteiger partial charge in [0.1, 0.15) is 9.84 Å². The van der Waals surface area contributed by atoms with Crippen LogP contribution in [0.2, 0.25) is 0 Å². The third kappa shape index (κ3) is 5.00. The van der Waals surface area contributed by atoms with Crippen molar-refractivity contribution in [2.24, 2.45) is 0 Å². The fourth-order valence-corrected chi connectivity index (χ4v) is 4.11. The Morgan fingerprint density at radius 3 is 2.62 bits per heavy atom. The minimum Gasteiger partial charge on any atom is -0.380 e. The van der Waals surface area contributed by atoms with Gasteiger partial charge in [-0.1, -0.05) is 13.8 Å². The Labute approximate surface area is 127 Å². The van der Waals surface area contributed by atoms with E-state index < -0.39 is 9.84 Å². The van der Waals surface area contributed by atoms with E-state index in [2.05, 4.69) is 29.2 Å². The summed E-state index contributed by atoms with van der Waals surface area (Å²) in [6.45, 7) is 8.31. The fraction of sp³-hybridized carbons (Fsp3) is 0.786. The maximum absolute atomic E-state index is 11.4. The van der Waals surface area contributed by atoms with Gasteiger partial charge in [-0.2, -0.15) is 5.10 Å². The number of hydrogen-bond acceptors (Lipinski definition) is 5. The summed E-state index contributed by atoms with van der Waals surface area (Å²) >= 11 is 0. The highest BCUT2D eigenvalue weighted by Gasteiger charge is 2.23. The summed E-state index contributed by atoms with van der Waals surface area (Å²) in [6, 6.07) is 0.244. The molecule has 2 rings (SSSR count). The molecule has 0 radical (unpaired) electrons. The molecule has 1 saturated heterocycles. The molecule has 0 aromatic carbocycles. The fourth-order valence-electron chi connectivity index (χ4n) is 2.61. The minimum atomic E-state index is -2.79. The monoisotopic (exact) mass is 314 g/mol. The molecule has 0 unspecified atom stereocenters. The molecular weight excluding hydrogens is 288 g/mol. The summed E-state index contributed by atoms with van der Waals surface area (Å²) in [5, 5.41) is 7.75. The summed E-state index contributed by atoms with van der Waals surface area (Å²) in [5.41, 5.74) is 0.985. The standard InChI is InChI=1S/C14H26N4O2S/c1-3-17(4-2)7-8-18-12-14(11-15-18)16-13-5-9-21(19,20)10-6-13/h11-13,16H,3-10H2,1-2H3. The first kappa shape index (κ1) is 16.3. The second-order valence-corrected chi connectivity index (χ2v) is 7.89. The topological polar surface area (TPSA) is 67.2 Å². The van der Waals surface area contributed by atoms with Crippen molar-refractivity contribution in [1.82, 2.24) is 14.7 Å². The number of nitrogens with zero attached hydrogens (tertiary/aromatic N) is 3. The van der Waals surface area contributed by atoms with Gasteiger partial charge in [0, 0.05) is 18.8 Å². The third-order valence-corrected chi connectivity index (χ3v) is 5.81. The van der Waals surface area contributed by atoms with Crippen molar-refractivity contribution in [2.45, 2.75) is 39.3 Å². The Kier molecular flexibility index (Phi) is 5.64.